The molecule has 2 nitrogen and oxygen atoms in total. The van der Waals surface area contributed by atoms with Crippen molar-refractivity contribution in [3.63, 3.8) is 0 Å². The van der Waals surface area contributed by atoms with Crippen molar-refractivity contribution in [2.24, 2.45) is 0 Å². The van der Waals surface area contributed by atoms with Gasteiger partial charge in [-0.2, -0.15) is 0 Å². The molecule has 0 amide bonds. The van der Waals surface area contributed by atoms with E-state index < -0.39 is 0 Å². The van der Waals surface area contributed by atoms with E-state index in [4.69, 9.17) is 0 Å². The van der Waals surface area contributed by atoms with Crippen molar-refractivity contribution >= 4 is 49.6 Å². The second-order valence-electron chi connectivity index (χ2n) is 16.9. The molecule has 1 heterocycles. The number of hydrogen-bond acceptors (Lipinski definition) is 1. The van der Waals surface area contributed by atoms with Crippen molar-refractivity contribution in [1.82, 2.24) is 4.57 Å². The van der Waals surface area contributed by atoms with Gasteiger partial charge in [0.15, 0.2) is 0 Å². The lowest BCUT2D eigenvalue weighted by Crippen LogP contribution is -2.10. The first-order valence-electron chi connectivity index (χ1n) is 22.7. The molecule has 12 rings (SSSR count). The third-order valence-corrected chi connectivity index (χ3v) is 13.0. The van der Waals surface area contributed by atoms with Gasteiger partial charge in [-0.3, -0.25) is 0 Å². The lowest BCUT2D eigenvalue weighted by atomic mass is 9.84. The molecule has 1 aromatic heterocycles. The van der Waals surface area contributed by atoms with E-state index in [-0.39, 0.29) is 0 Å². The molecule has 0 fully saturated rings. The third-order valence-electron chi connectivity index (χ3n) is 13.0. The van der Waals surface area contributed by atoms with Crippen LogP contribution in [-0.2, 0) is 0 Å². The van der Waals surface area contributed by atoms with Gasteiger partial charge in [0.2, 0.25) is 0 Å². The minimum atomic E-state index is 1.07. The average molecular weight is 841 g/mol. The Balaban J connectivity index is 0.999. The van der Waals surface area contributed by atoms with E-state index in [0.717, 1.165) is 28.3 Å². The minimum absolute atomic E-state index is 1.07. The molecule has 0 radical (unpaired) electrons. The Morgan fingerprint density at radius 1 is 0.258 bits per heavy atom. The highest BCUT2D eigenvalue weighted by Gasteiger charge is 2.20. The summed E-state index contributed by atoms with van der Waals surface area (Å²) in [7, 11) is 0. The van der Waals surface area contributed by atoms with Crippen molar-refractivity contribution in [2.45, 2.75) is 0 Å². The van der Waals surface area contributed by atoms with E-state index in [1.54, 1.807) is 0 Å². The Labute approximate surface area is 385 Å². The van der Waals surface area contributed by atoms with Crippen LogP contribution in [0.1, 0.15) is 0 Å². The number of benzene rings is 11. The quantitative estimate of drug-likeness (QED) is 0.141. The number of rotatable bonds is 9. The van der Waals surface area contributed by atoms with Crippen LogP contribution in [0.5, 0.6) is 0 Å². The molecule has 0 aliphatic heterocycles. The summed E-state index contributed by atoms with van der Waals surface area (Å²) in [5, 5.41) is 4.98. The lowest BCUT2D eigenvalue weighted by Gasteiger charge is -2.27. The van der Waals surface area contributed by atoms with Crippen LogP contribution in [0, 0.1) is 0 Å². The van der Waals surface area contributed by atoms with Gasteiger partial charge < -0.3 is 9.47 Å². The number of fused-ring (bicyclic) bond motifs is 4. The number of anilines is 3. The van der Waals surface area contributed by atoms with Crippen LogP contribution in [-0.4, -0.2) is 4.57 Å². The van der Waals surface area contributed by atoms with Gasteiger partial charge in [-0.15, -0.1) is 0 Å². The molecule has 0 unspecified atom stereocenters. The Bertz CT molecular complexity index is 3630. The first-order chi connectivity index (χ1) is 32.7. The highest BCUT2D eigenvalue weighted by atomic mass is 15.1. The summed E-state index contributed by atoms with van der Waals surface area (Å²) in [5.74, 6) is 0. The van der Waals surface area contributed by atoms with Crippen molar-refractivity contribution < 1.29 is 0 Å². The molecule has 0 spiro atoms. The predicted molar refractivity (Wildman–Crippen MR) is 280 cm³/mol. The minimum Gasteiger partial charge on any atom is -0.310 e. The summed E-state index contributed by atoms with van der Waals surface area (Å²) in [4.78, 5) is 2.38. The lowest BCUT2D eigenvalue weighted by molar-refractivity contribution is 1.17. The van der Waals surface area contributed by atoms with Crippen molar-refractivity contribution in [2.75, 3.05) is 4.90 Å². The van der Waals surface area contributed by atoms with Crippen LogP contribution in [0.4, 0.5) is 17.1 Å². The molecule has 0 saturated carbocycles. The SMILES string of the molecule is c1ccc(-c2ccccc2-c2c(-c3ccccc3)cccc2-c2ccc(N(c3ccc(-n4c5ccccc5c5ccccc54)cc3)c3cccc(-c4ccc5ccccc5c4)c3)cc2)cc1. The standard InChI is InChI=1S/C64H44N2/c1-3-18-46(19-4-1)56-25-9-10-28-61(56)64-57(47-20-5-2-6-21-47)29-16-30-58(64)48-35-37-52(38-36-48)65(55-24-15-23-50(44-55)51-34-33-45-17-7-8-22-49(45)43-51)53-39-41-54(42-40-53)66-62-31-13-11-26-59(62)60-27-12-14-32-63(60)66/h1-44H. The van der Waals surface area contributed by atoms with Crippen LogP contribution in [0.2, 0.25) is 0 Å². The topological polar surface area (TPSA) is 8.17 Å². The van der Waals surface area contributed by atoms with Crippen LogP contribution in [0.25, 0.3) is 93.9 Å². The molecular formula is C64H44N2. The van der Waals surface area contributed by atoms with Crippen LogP contribution < -0.4 is 4.90 Å². The monoisotopic (exact) mass is 840 g/mol. The van der Waals surface area contributed by atoms with E-state index >= 15 is 0 Å². The third kappa shape index (κ3) is 7.02. The second-order valence-corrected chi connectivity index (χ2v) is 16.9. The van der Waals surface area contributed by atoms with Crippen LogP contribution >= 0.6 is 0 Å². The molecule has 2 heteroatoms. The molecule has 66 heavy (non-hydrogen) atoms. The summed E-state index contributed by atoms with van der Waals surface area (Å²) in [6.07, 6.45) is 0. The first kappa shape index (κ1) is 38.9. The van der Waals surface area contributed by atoms with Crippen LogP contribution in [0.15, 0.2) is 267 Å². The van der Waals surface area contributed by atoms with Crippen molar-refractivity contribution in [3.8, 4) is 61.3 Å². The highest BCUT2D eigenvalue weighted by Crippen LogP contribution is 2.45. The number of nitrogens with zero attached hydrogens (tertiary/aromatic N) is 2. The first-order valence-corrected chi connectivity index (χ1v) is 22.7. The smallest absolute Gasteiger partial charge is 0.0541 e. The summed E-state index contributed by atoms with van der Waals surface area (Å²) in [6.45, 7) is 0. The molecule has 11 aromatic carbocycles. The normalized spacial score (nSPS) is 11.3. The number of hydrogen-bond donors (Lipinski definition) is 0. The zero-order valence-corrected chi connectivity index (χ0v) is 36.3. The van der Waals surface area contributed by atoms with E-state index in [1.807, 2.05) is 0 Å². The summed E-state index contributed by atoms with van der Waals surface area (Å²) in [6, 6.07) is 96.9. The second kappa shape index (κ2) is 16.8. The molecular weight excluding hydrogens is 797 g/mol. The van der Waals surface area contributed by atoms with Crippen molar-refractivity contribution in [1.29, 1.82) is 0 Å². The maximum absolute atomic E-state index is 2.38. The fourth-order valence-corrected chi connectivity index (χ4v) is 9.89. The molecule has 310 valence electrons. The Hall–Kier alpha value is -8.72. The summed E-state index contributed by atoms with van der Waals surface area (Å²) < 4.78 is 2.38. The molecule has 0 aliphatic rings. The van der Waals surface area contributed by atoms with Gasteiger partial charge in [-0.1, -0.05) is 200 Å². The van der Waals surface area contributed by atoms with Gasteiger partial charge in [0.25, 0.3) is 0 Å². The van der Waals surface area contributed by atoms with Gasteiger partial charge in [-0.25, -0.2) is 0 Å². The summed E-state index contributed by atoms with van der Waals surface area (Å²) in [5.41, 5.74) is 18.7. The van der Waals surface area contributed by atoms with Gasteiger partial charge in [0, 0.05) is 33.5 Å². The molecule has 0 N–H and O–H groups in total. The van der Waals surface area contributed by atoms with Crippen LogP contribution in [0.3, 0.4) is 0 Å². The predicted octanol–water partition coefficient (Wildman–Crippen LogP) is 17.7. The van der Waals surface area contributed by atoms with E-state index in [2.05, 4.69) is 276 Å². The largest absolute Gasteiger partial charge is 0.310 e. The molecule has 0 atom stereocenters. The van der Waals surface area contributed by atoms with Gasteiger partial charge in [-0.05, 0) is 133 Å². The van der Waals surface area contributed by atoms with Crippen molar-refractivity contribution in [3.05, 3.63) is 267 Å². The Morgan fingerprint density at radius 2 is 0.712 bits per heavy atom. The molecule has 12 aromatic rings. The highest BCUT2D eigenvalue weighted by molar-refractivity contribution is 6.09. The van der Waals surface area contributed by atoms with Gasteiger partial charge in [0.1, 0.15) is 0 Å². The zero-order valence-electron chi connectivity index (χ0n) is 36.3. The molecule has 0 bridgehead atoms. The number of aromatic nitrogens is 1. The number of para-hydroxylation sites is 2. The Kier molecular flexibility index (Phi) is 9.89. The van der Waals surface area contributed by atoms with E-state index in [0.29, 0.717) is 0 Å². The maximum Gasteiger partial charge on any atom is 0.0541 e. The maximum atomic E-state index is 2.38. The van der Waals surface area contributed by atoms with Gasteiger partial charge in [0.05, 0.1) is 11.0 Å². The fraction of sp³-hybridized carbons (Fsp3) is 0. The molecule has 0 saturated heterocycles. The van der Waals surface area contributed by atoms with E-state index in [9.17, 15) is 0 Å². The summed E-state index contributed by atoms with van der Waals surface area (Å²) >= 11 is 0. The average Bonchev–Trinajstić information content (AvgIpc) is 3.74. The van der Waals surface area contributed by atoms with Gasteiger partial charge >= 0.3 is 0 Å². The van der Waals surface area contributed by atoms with E-state index in [1.165, 1.54) is 82.6 Å². The Morgan fingerprint density at radius 3 is 1.38 bits per heavy atom. The zero-order chi connectivity index (χ0) is 43.8. The fourth-order valence-electron chi connectivity index (χ4n) is 9.89. The molecule has 0 aliphatic carbocycles.